The molecule has 5 N–H and O–H groups in total. The number of carboxylic acids is 1. The van der Waals surface area contributed by atoms with Gasteiger partial charge in [0.15, 0.2) is 5.75 Å². The standard InChI is InChI=1S/C18H17Cl2N3O7/c1-2-21-15(27)12-14(26)13(16(28)22-6-11(24)25)18(30)23(17(12)29)7-8-3-4-9(19)5-10(8)20/h3-5,26,29H,2,6-7H2,1H3,(H,21,27)(H,22,28)(H,24,25). The number of carbonyl (C=O) groups is 3. The SMILES string of the molecule is CCNC(=O)c1c(O)c(C(=O)NCC(=O)O)c(=O)n(Cc2ccc(Cl)cc2Cl)c1O. The molecule has 0 spiro atoms. The highest BCUT2D eigenvalue weighted by molar-refractivity contribution is 6.35. The Morgan fingerprint density at radius 1 is 1.07 bits per heavy atom. The van der Waals surface area contributed by atoms with Crippen LogP contribution in [-0.4, -0.2) is 50.8 Å². The zero-order valence-electron chi connectivity index (χ0n) is 15.5. The quantitative estimate of drug-likeness (QED) is 0.417. The fourth-order valence-corrected chi connectivity index (χ4v) is 3.04. The zero-order valence-corrected chi connectivity index (χ0v) is 17.0. The van der Waals surface area contributed by atoms with Gasteiger partial charge in [0.1, 0.15) is 17.7 Å². The predicted molar refractivity (Wildman–Crippen MR) is 108 cm³/mol. The van der Waals surface area contributed by atoms with Crippen molar-refractivity contribution in [3.05, 3.63) is 55.3 Å². The highest BCUT2D eigenvalue weighted by atomic mass is 35.5. The molecule has 0 fully saturated rings. The molecule has 0 aliphatic heterocycles. The van der Waals surface area contributed by atoms with Crippen LogP contribution in [0.3, 0.4) is 0 Å². The van der Waals surface area contributed by atoms with Crippen molar-refractivity contribution in [3.8, 4) is 11.6 Å². The molecule has 1 heterocycles. The van der Waals surface area contributed by atoms with Gasteiger partial charge in [-0.1, -0.05) is 29.3 Å². The van der Waals surface area contributed by atoms with Crippen molar-refractivity contribution >= 4 is 41.0 Å². The summed E-state index contributed by atoms with van der Waals surface area (Å²) in [5.74, 6) is -5.55. The number of nitrogens with zero attached hydrogens (tertiary/aromatic N) is 1. The number of amides is 2. The van der Waals surface area contributed by atoms with E-state index in [2.05, 4.69) is 5.32 Å². The lowest BCUT2D eigenvalue weighted by Crippen LogP contribution is -2.37. The van der Waals surface area contributed by atoms with E-state index in [4.69, 9.17) is 28.3 Å². The Kier molecular flexibility index (Phi) is 7.30. The van der Waals surface area contributed by atoms with Crippen LogP contribution in [0.4, 0.5) is 0 Å². The summed E-state index contributed by atoms with van der Waals surface area (Å²) in [5, 5.41) is 34.4. The topological polar surface area (TPSA) is 158 Å². The van der Waals surface area contributed by atoms with E-state index in [9.17, 15) is 29.4 Å². The second-order valence-electron chi connectivity index (χ2n) is 5.99. The molecule has 12 heteroatoms. The van der Waals surface area contributed by atoms with Gasteiger partial charge < -0.3 is 26.0 Å². The maximum atomic E-state index is 12.8. The van der Waals surface area contributed by atoms with Gasteiger partial charge in [0.2, 0.25) is 5.88 Å². The number of hydrogen-bond acceptors (Lipinski definition) is 6. The summed E-state index contributed by atoms with van der Waals surface area (Å²) in [4.78, 5) is 48.2. The number of pyridine rings is 1. The van der Waals surface area contributed by atoms with Crippen molar-refractivity contribution in [2.24, 2.45) is 0 Å². The minimum atomic E-state index is -1.39. The molecular formula is C18H17Cl2N3O7. The van der Waals surface area contributed by atoms with Gasteiger partial charge >= 0.3 is 5.97 Å². The van der Waals surface area contributed by atoms with Crippen LogP contribution in [0.2, 0.25) is 10.0 Å². The normalized spacial score (nSPS) is 10.5. The largest absolute Gasteiger partial charge is 0.506 e. The molecule has 0 radical (unpaired) electrons. The van der Waals surface area contributed by atoms with Gasteiger partial charge in [-0.15, -0.1) is 0 Å². The minimum absolute atomic E-state index is 0.125. The first-order valence-corrected chi connectivity index (χ1v) is 9.24. The summed E-state index contributed by atoms with van der Waals surface area (Å²) in [6.45, 7) is 0.501. The van der Waals surface area contributed by atoms with E-state index in [0.717, 1.165) is 0 Å². The van der Waals surface area contributed by atoms with Crippen molar-refractivity contribution in [3.63, 3.8) is 0 Å². The van der Waals surface area contributed by atoms with Crippen LogP contribution < -0.4 is 16.2 Å². The Labute approximate surface area is 179 Å². The first-order chi connectivity index (χ1) is 14.1. The van der Waals surface area contributed by atoms with Crippen molar-refractivity contribution < 1.29 is 29.7 Å². The maximum Gasteiger partial charge on any atom is 0.322 e. The predicted octanol–water partition coefficient (Wildman–Crippen LogP) is 1.18. The molecular weight excluding hydrogens is 441 g/mol. The molecule has 160 valence electrons. The zero-order chi connectivity index (χ0) is 22.6. The third-order valence-corrected chi connectivity index (χ3v) is 4.53. The molecule has 10 nitrogen and oxygen atoms in total. The highest BCUT2D eigenvalue weighted by Gasteiger charge is 2.30. The summed E-state index contributed by atoms with van der Waals surface area (Å²) >= 11 is 11.9. The van der Waals surface area contributed by atoms with Gasteiger partial charge in [-0.25, -0.2) is 0 Å². The number of carbonyl (C=O) groups excluding carboxylic acids is 2. The van der Waals surface area contributed by atoms with Crippen molar-refractivity contribution in [1.82, 2.24) is 15.2 Å². The van der Waals surface area contributed by atoms with Gasteiger partial charge in [-0.2, -0.15) is 0 Å². The van der Waals surface area contributed by atoms with Crippen LogP contribution in [0.25, 0.3) is 0 Å². The van der Waals surface area contributed by atoms with Crippen molar-refractivity contribution in [2.45, 2.75) is 13.5 Å². The van der Waals surface area contributed by atoms with Gasteiger partial charge in [0, 0.05) is 16.6 Å². The minimum Gasteiger partial charge on any atom is -0.506 e. The summed E-state index contributed by atoms with van der Waals surface area (Å²) in [5.41, 5.74) is -2.46. The number of aromatic nitrogens is 1. The van der Waals surface area contributed by atoms with Crippen LogP contribution in [0.15, 0.2) is 23.0 Å². The number of carboxylic acid groups (broad SMARTS) is 1. The van der Waals surface area contributed by atoms with Crippen LogP contribution in [0.5, 0.6) is 11.6 Å². The van der Waals surface area contributed by atoms with E-state index in [-0.39, 0.29) is 18.1 Å². The van der Waals surface area contributed by atoms with Crippen LogP contribution in [-0.2, 0) is 11.3 Å². The van der Waals surface area contributed by atoms with Crippen LogP contribution in [0, 0.1) is 0 Å². The number of rotatable bonds is 7. The van der Waals surface area contributed by atoms with Gasteiger partial charge in [0.05, 0.1) is 6.54 Å². The molecule has 0 aliphatic rings. The van der Waals surface area contributed by atoms with E-state index in [1.807, 2.05) is 5.32 Å². The smallest absolute Gasteiger partial charge is 0.322 e. The highest BCUT2D eigenvalue weighted by Crippen LogP contribution is 2.30. The average Bonchev–Trinajstić information content (AvgIpc) is 2.65. The fourth-order valence-electron chi connectivity index (χ4n) is 2.57. The molecule has 1 aromatic heterocycles. The number of aliphatic carboxylic acids is 1. The second kappa shape index (κ2) is 9.51. The second-order valence-corrected chi connectivity index (χ2v) is 6.83. The number of benzene rings is 1. The van der Waals surface area contributed by atoms with Crippen LogP contribution in [0.1, 0.15) is 33.2 Å². The Morgan fingerprint density at radius 3 is 2.27 bits per heavy atom. The number of halogens is 2. The fraction of sp³-hybridized carbons (Fsp3) is 0.222. The van der Waals surface area contributed by atoms with E-state index in [0.29, 0.717) is 15.2 Å². The third kappa shape index (κ3) is 4.84. The Morgan fingerprint density at radius 2 is 1.70 bits per heavy atom. The first kappa shape index (κ1) is 23.0. The van der Waals surface area contributed by atoms with Crippen molar-refractivity contribution in [2.75, 3.05) is 13.1 Å². The Balaban J connectivity index is 2.70. The van der Waals surface area contributed by atoms with Gasteiger partial charge in [-0.05, 0) is 24.6 Å². The molecule has 2 rings (SSSR count). The molecule has 2 amide bonds. The van der Waals surface area contributed by atoms with E-state index in [1.165, 1.54) is 18.2 Å². The molecule has 0 saturated carbocycles. The molecule has 1 aromatic carbocycles. The molecule has 0 unspecified atom stereocenters. The molecule has 0 atom stereocenters. The number of aromatic hydroxyl groups is 2. The Hall–Kier alpha value is -3.24. The summed E-state index contributed by atoms with van der Waals surface area (Å²) < 4.78 is 0.662. The summed E-state index contributed by atoms with van der Waals surface area (Å²) in [6.07, 6.45) is 0. The molecule has 0 bridgehead atoms. The molecule has 30 heavy (non-hydrogen) atoms. The number of hydrogen-bond donors (Lipinski definition) is 5. The average molecular weight is 458 g/mol. The lowest BCUT2D eigenvalue weighted by molar-refractivity contribution is -0.135. The first-order valence-electron chi connectivity index (χ1n) is 8.49. The number of nitrogens with one attached hydrogen (secondary N) is 2. The lowest BCUT2D eigenvalue weighted by Gasteiger charge is -2.17. The molecule has 0 saturated heterocycles. The lowest BCUT2D eigenvalue weighted by atomic mass is 10.1. The molecule has 0 aliphatic carbocycles. The van der Waals surface area contributed by atoms with Crippen LogP contribution >= 0.6 is 23.2 Å². The molecule has 2 aromatic rings. The summed E-state index contributed by atoms with van der Waals surface area (Å²) in [7, 11) is 0. The third-order valence-electron chi connectivity index (χ3n) is 3.95. The summed E-state index contributed by atoms with van der Waals surface area (Å²) in [6, 6.07) is 4.35. The monoisotopic (exact) mass is 457 g/mol. The van der Waals surface area contributed by atoms with E-state index < -0.39 is 52.6 Å². The van der Waals surface area contributed by atoms with E-state index >= 15 is 0 Å². The van der Waals surface area contributed by atoms with E-state index in [1.54, 1.807) is 6.92 Å². The Bertz CT molecular complexity index is 1080. The van der Waals surface area contributed by atoms with Gasteiger partial charge in [0.25, 0.3) is 17.4 Å². The maximum absolute atomic E-state index is 12.8. The van der Waals surface area contributed by atoms with Crippen molar-refractivity contribution in [1.29, 1.82) is 0 Å². The van der Waals surface area contributed by atoms with Gasteiger partial charge in [-0.3, -0.25) is 23.7 Å².